The Kier molecular flexibility index (Phi) is 2.56. The Morgan fingerprint density at radius 3 is 2.58 bits per heavy atom. The third kappa shape index (κ3) is 1.87. The Bertz CT molecular complexity index is 736. The molecule has 0 aliphatic rings. The van der Waals surface area contributed by atoms with Gasteiger partial charge in [-0.05, 0) is 36.4 Å². The Morgan fingerprint density at radius 1 is 1.16 bits per heavy atom. The van der Waals surface area contributed by atoms with Crippen molar-refractivity contribution >= 4 is 11.6 Å². The average molecular weight is 258 g/mol. The van der Waals surface area contributed by atoms with Gasteiger partial charge >= 0.3 is 0 Å². The van der Waals surface area contributed by atoms with E-state index in [4.69, 9.17) is 10.5 Å². The minimum absolute atomic E-state index is 0.160. The first-order valence-corrected chi connectivity index (χ1v) is 5.64. The van der Waals surface area contributed by atoms with E-state index in [1.54, 1.807) is 29.8 Å². The van der Waals surface area contributed by atoms with Crippen LogP contribution in [-0.4, -0.2) is 21.7 Å². The molecule has 2 heterocycles. The summed E-state index contributed by atoms with van der Waals surface area (Å²) >= 11 is 0. The Morgan fingerprint density at radius 2 is 1.89 bits per heavy atom. The van der Waals surface area contributed by atoms with Crippen molar-refractivity contribution in [2.75, 3.05) is 12.8 Å². The van der Waals surface area contributed by atoms with Crippen LogP contribution in [0.3, 0.4) is 0 Å². The quantitative estimate of drug-likeness (QED) is 0.764. The average Bonchev–Trinajstić information content (AvgIpc) is 2.80. The van der Waals surface area contributed by atoms with Crippen molar-refractivity contribution < 1.29 is 9.13 Å². The molecule has 5 nitrogen and oxygen atoms in total. The van der Waals surface area contributed by atoms with Crippen LogP contribution in [0.1, 0.15) is 0 Å². The molecule has 3 rings (SSSR count). The second-order valence-electron chi connectivity index (χ2n) is 4.00. The van der Waals surface area contributed by atoms with E-state index in [-0.39, 0.29) is 11.8 Å². The summed E-state index contributed by atoms with van der Waals surface area (Å²) in [7, 11) is 1.55. The molecule has 0 aliphatic carbocycles. The van der Waals surface area contributed by atoms with E-state index in [0.29, 0.717) is 11.4 Å². The van der Waals surface area contributed by atoms with Crippen LogP contribution in [0, 0.1) is 5.82 Å². The second-order valence-corrected chi connectivity index (χ2v) is 4.00. The normalized spacial score (nSPS) is 10.8. The van der Waals surface area contributed by atoms with Crippen molar-refractivity contribution in [1.29, 1.82) is 0 Å². The van der Waals surface area contributed by atoms with E-state index >= 15 is 0 Å². The summed E-state index contributed by atoms with van der Waals surface area (Å²) in [6.45, 7) is 0. The lowest BCUT2D eigenvalue weighted by molar-refractivity contribution is 0.416. The van der Waals surface area contributed by atoms with E-state index < -0.39 is 0 Å². The number of methoxy groups -OCH3 is 1. The number of aromatic nitrogens is 3. The lowest BCUT2D eigenvalue weighted by Crippen LogP contribution is -1.97. The molecule has 0 radical (unpaired) electrons. The van der Waals surface area contributed by atoms with E-state index in [9.17, 15) is 4.39 Å². The highest BCUT2D eigenvalue weighted by Gasteiger charge is 2.12. The number of hydrogen-bond donors (Lipinski definition) is 1. The SMILES string of the molecule is COc1ccc(-c2ccc(F)cc2)n2nc(N)nc12. The number of pyridine rings is 1. The van der Waals surface area contributed by atoms with Crippen LogP contribution in [0.4, 0.5) is 10.3 Å². The first-order valence-electron chi connectivity index (χ1n) is 5.64. The van der Waals surface area contributed by atoms with Gasteiger partial charge in [0.1, 0.15) is 5.82 Å². The van der Waals surface area contributed by atoms with Gasteiger partial charge in [0.25, 0.3) is 0 Å². The van der Waals surface area contributed by atoms with Crippen LogP contribution in [-0.2, 0) is 0 Å². The summed E-state index contributed by atoms with van der Waals surface area (Å²) in [5.41, 5.74) is 7.74. The molecule has 0 fully saturated rings. The highest BCUT2D eigenvalue weighted by atomic mass is 19.1. The number of rotatable bonds is 2. The maximum atomic E-state index is 13.0. The predicted molar refractivity (Wildman–Crippen MR) is 69.3 cm³/mol. The smallest absolute Gasteiger partial charge is 0.240 e. The summed E-state index contributed by atoms with van der Waals surface area (Å²) in [6, 6.07) is 9.75. The van der Waals surface area contributed by atoms with Crippen molar-refractivity contribution in [2.45, 2.75) is 0 Å². The zero-order valence-corrected chi connectivity index (χ0v) is 10.2. The standard InChI is InChI=1S/C13H11FN4O/c1-19-11-7-6-10(8-2-4-9(14)5-3-8)18-12(11)16-13(15)17-18/h2-7H,1H3,(H2,15,17). The van der Waals surface area contributed by atoms with Gasteiger partial charge in [-0.2, -0.15) is 4.98 Å². The number of benzene rings is 1. The van der Waals surface area contributed by atoms with Crippen LogP contribution in [0.2, 0.25) is 0 Å². The second kappa shape index (κ2) is 4.24. The van der Waals surface area contributed by atoms with Crippen LogP contribution >= 0.6 is 0 Å². The van der Waals surface area contributed by atoms with Crippen LogP contribution < -0.4 is 10.5 Å². The third-order valence-corrected chi connectivity index (χ3v) is 2.82. The minimum atomic E-state index is -0.286. The molecule has 19 heavy (non-hydrogen) atoms. The van der Waals surface area contributed by atoms with Crippen molar-refractivity contribution in [2.24, 2.45) is 0 Å². The Hall–Kier alpha value is -2.63. The molecule has 6 heteroatoms. The van der Waals surface area contributed by atoms with Gasteiger partial charge in [-0.3, -0.25) is 0 Å². The van der Waals surface area contributed by atoms with Crippen LogP contribution in [0.15, 0.2) is 36.4 Å². The minimum Gasteiger partial charge on any atom is -0.493 e. The summed E-state index contributed by atoms with van der Waals surface area (Å²) < 4.78 is 19.8. The summed E-state index contributed by atoms with van der Waals surface area (Å²) in [4.78, 5) is 4.12. The van der Waals surface area contributed by atoms with Crippen LogP contribution in [0.5, 0.6) is 5.75 Å². The van der Waals surface area contributed by atoms with E-state index in [2.05, 4.69) is 10.1 Å². The molecule has 2 N–H and O–H groups in total. The molecule has 0 aliphatic heterocycles. The van der Waals surface area contributed by atoms with Gasteiger partial charge in [-0.1, -0.05) is 0 Å². The van der Waals surface area contributed by atoms with Gasteiger partial charge in [-0.25, -0.2) is 8.91 Å². The molecular formula is C13H11FN4O. The molecule has 0 saturated heterocycles. The fourth-order valence-electron chi connectivity index (χ4n) is 1.95. The highest BCUT2D eigenvalue weighted by molar-refractivity contribution is 5.67. The molecule has 0 atom stereocenters. The number of nitrogens with two attached hydrogens (primary N) is 1. The number of hydrogen-bond acceptors (Lipinski definition) is 4. The van der Waals surface area contributed by atoms with Crippen LogP contribution in [0.25, 0.3) is 16.9 Å². The summed E-state index contributed by atoms with van der Waals surface area (Å²) in [5.74, 6) is 0.453. The molecule has 1 aromatic carbocycles. The highest BCUT2D eigenvalue weighted by Crippen LogP contribution is 2.26. The van der Waals surface area contributed by atoms with E-state index in [1.807, 2.05) is 6.07 Å². The van der Waals surface area contributed by atoms with Crippen molar-refractivity contribution in [3.63, 3.8) is 0 Å². The molecule has 0 spiro atoms. The fourth-order valence-corrected chi connectivity index (χ4v) is 1.95. The number of halogens is 1. The topological polar surface area (TPSA) is 65.4 Å². The maximum absolute atomic E-state index is 13.0. The van der Waals surface area contributed by atoms with Gasteiger partial charge in [0.2, 0.25) is 5.95 Å². The molecule has 0 amide bonds. The van der Waals surface area contributed by atoms with Crippen molar-refractivity contribution in [3.05, 3.63) is 42.2 Å². The zero-order chi connectivity index (χ0) is 13.4. The van der Waals surface area contributed by atoms with Crippen molar-refractivity contribution in [1.82, 2.24) is 14.6 Å². The van der Waals surface area contributed by atoms with Gasteiger partial charge in [0.05, 0.1) is 12.8 Å². The third-order valence-electron chi connectivity index (χ3n) is 2.82. The fraction of sp³-hybridized carbons (Fsp3) is 0.0769. The first-order chi connectivity index (χ1) is 9.19. The maximum Gasteiger partial charge on any atom is 0.240 e. The van der Waals surface area contributed by atoms with Gasteiger partial charge in [0, 0.05) is 5.56 Å². The number of nitrogen functional groups attached to an aromatic ring is 1. The number of ether oxygens (including phenoxy) is 1. The van der Waals surface area contributed by atoms with Gasteiger partial charge < -0.3 is 10.5 Å². The number of nitrogens with zero attached hydrogens (tertiary/aromatic N) is 3. The summed E-state index contributed by atoms with van der Waals surface area (Å²) in [6.07, 6.45) is 0. The number of anilines is 1. The molecule has 2 aromatic heterocycles. The molecule has 96 valence electrons. The molecule has 0 bridgehead atoms. The predicted octanol–water partition coefficient (Wildman–Crippen LogP) is 2.13. The zero-order valence-electron chi connectivity index (χ0n) is 10.2. The lowest BCUT2D eigenvalue weighted by atomic mass is 10.1. The van der Waals surface area contributed by atoms with E-state index in [1.165, 1.54) is 12.1 Å². The molecular weight excluding hydrogens is 247 g/mol. The molecule has 3 aromatic rings. The Labute approximate surface area is 108 Å². The Balaban J connectivity index is 2.27. The van der Waals surface area contributed by atoms with Gasteiger partial charge in [-0.15, -0.1) is 5.10 Å². The monoisotopic (exact) mass is 258 g/mol. The number of fused-ring (bicyclic) bond motifs is 1. The largest absolute Gasteiger partial charge is 0.493 e. The lowest BCUT2D eigenvalue weighted by Gasteiger charge is -2.07. The first kappa shape index (κ1) is 11.5. The molecule has 0 saturated carbocycles. The van der Waals surface area contributed by atoms with Gasteiger partial charge in [0.15, 0.2) is 11.4 Å². The van der Waals surface area contributed by atoms with Crippen molar-refractivity contribution in [3.8, 4) is 17.0 Å². The summed E-state index contributed by atoms with van der Waals surface area (Å²) in [5, 5.41) is 4.13. The molecule has 0 unspecified atom stereocenters. The van der Waals surface area contributed by atoms with E-state index in [0.717, 1.165) is 11.3 Å².